The van der Waals surface area contributed by atoms with Crippen LogP contribution in [0.25, 0.3) is 10.9 Å². The number of fused-ring (bicyclic) bond motifs is 1. The van der Waals surface area contributed by atoms with Crippen LogP contribution < -0.4 is 0 Å². The minimum absolute atomic E-state index is 0.566. The van der Waals surface area contributed by atoms with Crippen molar-refractivity contribution >= 4 is 22.8 Å². The number of nitrogens with zero attached hydrogens (tertiary/aromatic N) is 1. The lowest BCUT2D eigenvalue weighted by atomic mass is 10.0. The molecular weight excluding hydrogens is 244 g/mol. The average Bonchev–Trinajstić information content (AvgIpc) is 2.93. The lowest BCUT2D eigenvalue weighted by Gasteiger charge is -2.04. The highest BCUT2D eigenvalue weighted by atomic mass is 14.7. The van der Waals surface area contributed by atoms with Crippen molar-refractivity contribution in [1.82, 2.24) is 4.98 Å². The van der Waals surface area contributed by atoms with Crippen molar-refractivity contribution in [3.8, 4) is 0 Å². The zero-order valence-corrected chi connectivity index (χ0v) is 11.8. The fourth-order valence-electron chi connectivity index (χ4n) is 2.23. The normalized spacial score (nSPS) is 11.8. The highest BCUT2D eigenvalue weighted by Crippen LogP contribution is 2.20. The fraction of sp³-hybridized carbons (Fsp3) is 0.167. The number of aromatic nitrogens is 1. The Morgan fingerprint density at radius 1 is 1.00 bits per heavy atom. The molecule has 1 N–H and O–H groups in total. The molecule has 2 nitrogen and oxygen atoms in total. The van der Waals surface area contributed by atoms with Crippen molar-refractivity contribution in [2.75, 3.05) is 0 Å². The number of H-pyrrole nitrogens is 1. The van der Waals surface area contributed by atoms with E-state index in [2.05, 4.69) is 66.3 Å². The Morgan fingerprint density at radius 3 is 2.55 bits per heavy atom. The van der Waals surface area contributed by atoms with E-state index in [1.54, 1.807) is 0 Å². The summed E-state index contributed by atoms with van der Waals surface area (Å²) in [5, 5.41) is 1.21. The first kappa shape index (κ1) is 12.7. The minimum atomic E-state index is 0.566. The Balaban J connectivity index is 1.82. The molecule has 100 valence electrons. The van der Waals surface area contributed by atoms with E-state index in [1.807, 2.05) is 18.5 Å². The van der Waals surface area contributed by atoms with E-state index in [1.165, 1.54) is 10.9 Å². The summed E-state index contributed by atoms with van der Waals surface area (Å²) < 4.78 is 0. The summed E-state index contributed by atoms with van der Waals surface area (Å²) in [6.07, 6.45) is 3.86. The molecular formula is C18H18N2. The van der Waals surface area contributed by atoms with Crippen LogP contribution in [0.1, 0.15) is 30.9 Å². The number of benzene rings is 2. The van der Waals surface area contributed by atoms with Gasteiger partial charge in [0.25, 0.3) is 0 Å². The topological polar surface area (TPSA) is 28.1 Å². The second-order valence-corrected chi connectivity index (χ2v) is 5.33. The van der Waals surface area contributed by atoms with Crippen molar-refractivity contribution in [3.63, 3.8) is 0 Å². The van der Waals surface area contributed by atoms with Crippen molar-refractivity contribution in [2.24, 2.45) is 4.99 Å². The molecule has 2 heteroatoms. The largest absolute Gasteiger partial charge is 0.361 e. The van der Waals surface area contributed by atoms with E-state index < -0.39 is 0 Å². The molecule has 2 aromatic carbocycles. The molecule has 0 atom stereocenters. The van der Waals surface area contributed by atoms with Gasteiger partial charge in [-0.1, -0.05) is 44.2 Å². The number of aliphatic imine (C=N–C) groups is 1. The van der Waals surface area contributed by atoms with Crippen molar-refractivity contribution in [1.29, 1.82) is 0 Å². The standard InChI is InChI=1S/C18H18N2/c1-13(2)15-5-3-14(4-6-15)12-20-17-8-7-16-9-10-19-18(16)11-17/h3-13,19H,1-2H3. The maximum Gasteiger partial charge on any atom is 0.0650 e. The summed E-state index contributed by atoms with van der Waals surface area (Å²) in [6, 6.07) is 16.8. The maximum atomic E-state index is 4.54. The number of aromatic amines is 1. The zero-order chi connectivity index (χ0) is 13.9. The summed E-state index contributed by atoms with van der Waals surface area (Å²) in [5.74, 6) is 0.566. The molecule has 1 heterocycles. The molecule has 0 saturated carbocycles. The van der Waals surface area contributed by atoms with Crippen LogP contribution in [0.15, 0.2) is 59.7 Å². The van der Waals surface area contributed by atoms with Gasteiger partial charge in [0.15, 0.2) is 0 Å². The Labute approximate surface area is 119 Å². The third-order valence-electron chi connectivity index (χ3n) is 3.50. The van der Waals surface area contributed by atoms with Gasteiger partial charge >= 0.3 is 0 Å². The molecule has 0 amide bonds. The summed E-state index contributed by atoms with van der Waals surface area (Å²) in [4.78, 5) is 7.74. The van der Waals surface area contributed by atoms with E-state index in [-0.39, 0.29) is 0 Å². The lowest BCUT2D eigenvalue weighted by molar-refractivity contribution is 0.866. The number of nitrogens with one attached hydrogen (secondary N) is 1. The Kier molecular flexibility index (Phi) is 3.38. The Hall–Kier alpha value is -2.35. The van der Waals surface area contributed by atoms with Gasteiger partial charge in [0, 0.05) is 17.9 Å². The van der Waals surface area contributed by atoms with E-state index in [0.717, 1.165) is 16.8 Å². The fourth-order valence-corrected chi connectivity index (χ4v) is 2.23. The molecule has 3 aromatic rings. The molecule has 0 spiro atoms. The summed E-state index contributed by atoms with van der Waals surface area (Å²) in [7, 11) is 0. The van der Waals surface area contributed by atoms with Gasteiger partial charge in [-0.3, -0.25) is 4.99 Å². The number of hydrogen-bond donors (Lipinski definition) is 1. The predicted octanol–water partition coefficient (Wildman–Crippen LogP) is 5.04. The molecule has 0 aliphatic heterocycles. The van der Waals surface area contributed by atoms with E-state index in [0.29, 0.717) is 5.92 Å². The Morgan fingerprint density at radius 2 is 1.80 bits per heavy atom. The van der Waals surface area contributed by atoms with Crippen LogP contribution >= 0.6 is 0 Å². The van der Waals surface area contributed by atoms with Gasteiger partial charge in [-0.05, 0) is 40.6 Å². The zero-order valence-electron chi connectivity index (χ0n) is 11.8. The van der Waals surface area contributed by atoms with Crippen molar-refractivity contribution in [3.05, 3.63) is 65.9 Å². The third-order valence-corrected chi connectivity index (χ3v) is 3.50. The van der Waals surface area contributed by atoms with Gasteiger partial charge in [-0.25, -0.2) is 0 Å². The molecule has 0 fully saturated rings. The smallest absolute Gasteiger partial charge is 0.0650 e. The second kappa shape index (κ2) is 5.33. The molecule has 20 heavy (non-hydrogen) atoms. The maximum absolute atomic E-state index is 4.54. The first-order valence-electron chi connectivity index (χ1n) is 6.93. The van der Waals surface area contributed by atoms with Crippen LogP contribution in [0.5, 0.6) is 0 Å². The molecule has 0 aliphatic carbocycles. The molecule has 3 rings (SSSR count). The van der Waals surface area contributed by atoms with Gasteiger partial charge in [0.2, 0.25) is 0 Å². The van der Waals surface area contributed by atoms with Crippen LogP contribution in [0.3, 0.4) is 0 Å². The molecule has 1 aromatic heterocycles. The van der Waals surface area contributed by atoms with Crippen molar-refractivity contribution in [2.45, 2.75) is 19.8 Å². The van der Waals surface area contributed by atoms with Crippen molar-refractivity contribution < 1.29 is 0 Å². The third kappa shape index (κ3) is 2.64. The lowest BCUT2D eigenvalue weighted by Crippen LogP contribution is -1.87. The van der Waals surface area contributed by atoms with E-state index in [9.17, 15) is 0 Å². The van der Waals surface area contributed by atoms with Crippen LogP contribution in [-0.4, -0.2) is 11.2 Å². The van der Waals surface area contributed by atoms with Crippen LogP contribution in [0.4, 0.5) is 5.69 Å². The summed E-state index contributed by atoms with van der Waals surface area (Å²) in [6.45, 7) is 4.41. The molecule has 0 aliphatic rings. The first-order valence-corrected chi connectivity index (χ1v) is 6.93. The summed E-state index contributed by atoms with van der Waals surface area (Å²) >= 11 is 0. The quantitative estimate of drug-likeness (QED) is 0.640. The monoisotopic (exact) mass is 262 g/mol. The van der Waals surface area contributed by atoms with Gasteiger partial charge in [-0.15, -0.1) is 0 Å². The predicted molar refractivity (Wildman–Crippen MR) is 86.1 cm³/mol. The molecule has 0 bridgehead atoms. The highest BCUT2D eigenvalue weighted by molar-refractivity contribution is 5.86. The SMILES string of the molecule is CC(C)c1ccc(C=Nc2ccc3cc[nH]c3c2)cc1. The average molecular weight is 262 g/mol. The van der Waals surface area contributed by atoms with Crippen LogP contribution in [-0.2, 0) is 0 Å². The second-order valence-electron chi connectivity index (χ2n) is 5.33. The van der Waals surface area contributed by atoms with Crippen LogP contribution in [0, 0.1) is 0 Å². The molecule has 0 radical (unpaired) electrons. The van der Waals surface area contributed by atoms with E-state index >= 15 is 0 Å². The highest BCUT2D eigenvalue weighted by Gasteiger charge is 1.98. The van der Waals surface area contributed by atoms with Gasteiger partial charge in [-0.2, -0.15) is 0 Å². The van der Waals surface area contributed by atoms with Gasteiger partial charge < -0.3 is 4.98 Å². The van der Waals surface area contributed by atoms with Gasteiger partial charge in [0.05, 0.1) is 5.69 Å². The minimum Gasteiger partial charge on any atom is -0.361 e. The number of rotatable bonds is 3. The van der Waals surface area contributed by atoms with E-state index in [4.69, 9.17) is 0 Å². The molecule has 0 unspecified atom stereocenters. The van der Waals surface area contributed by atoms with Crippen LogP contribution in [0.2, 0.25) is 0 Å². The van der Waals surface area contributed by atoms with Gasteiger partial charge in [0.1, 0.15) is 0 Å². The summed E-state index contributed by atoms with van der Waals surface area (Å²) in [5.41, 5.74) is 4.57. The molecule has 0 saturated heterocycles. The Bertz CT molecular complexity index is 733. The number of hydrogen-bond acceptors (Lipinski definition) is 1. The first-order chi connectivity index (χ1) is 9.72.